The minimum absolute atomic E-state index is 0.0992. The molecule has 1 aromatic carbocycles. The lowest BCUT2D eigenvalue weighted by atomic mass is 9.71. The number of carboxylic acid groups (broad SMARTS) is 1. The molecule has 1 aromatic rings. The summed E-state index contributed by atoms with van der Waals surface area (Å²) in [7, 11) is 1.62. The quantitative estimate of drug-likeness (QED) is 0.842. The molecule has 0 spiro atoms. The minimum atomic E-state index is -0.712. The second-order valence-corrected chi connectivity index (χ2v) is 4.99. The van der Waals surface area contributed by atoms with Crippen molar-refractivity contribution in [2.24, 2.45) is 11.3 Å². The highest BCUT2D eigenvalue weighted by Crippen LogP contribution is 2.36. The van der Waals surface area contributed by atoms with Crippen molar-refractivity contribution in [3.63, 3.8) is 0 Å². The van der Waals surface area contributed by atoms with Crippen LogP contribution in [0.15, 0.2) is 24.3 Å². The molecule has 0 amide bonds. The fourth-order valence-corrected chi connectivity index (χ4v) is 2.32. The van der Waals surface area contributed by atoms with E-state index in [4.69, 9.17) is 4.74 Å². The van der Waals surface area contributed by atoms with Crippen LogP contribution in [0.3, 0.4) is 0 Å². The van der Waals surface area contributed by atoms with E-state index >= 15 is 0 Å². The highest BCUT2D eigenvalue weighted by atomic mass is 16.5. The SMILES string of the molecule is CCC(Cc1ccc(OC)cc1)(C(=O)O)C(C)C. The maximum Gasteiger partial charge on any atom is 0.310 e. The first-order valence-electron chi connectivity index (χ1n) is 6.32. The number of aliphatic carboxylic acids is 1. The first kappa shape index (κ1) is 14.6. The van der Waals surface area contributed by atoms with Gasteiger partial charge in [-0.2, -0.15) is 0 Å². The summed E-state index contributed by atoms with van der Waals surface area (Å²) in [6.07, 6.45) is 1.19. The van der Waals surface area contributed by atoms with Gasteiger partial charge in [-0.1, -0.05) is 32.9 Å². The largest absolute Gasteiger partial charge is 0.497 e. The summed E-state index contributed by atoms with van der Waals surface area (Å²) < 4.78 is 5.10. The van der Waals surface area contributed by atoms with Gasteiger partial charge in [-0.25, -0.2) is 0 Å². The maximum absolute atomic E-state index is 11.6. The van der Waals surface area contributed by atoms with E-state index in [-0.39, 0.29) is 5.92 Å². The van der Waals surface area contributed by atoms with Gasteiger partial charge in [-0.3, -0.25) is 4.79 Å². The first-order valence-corrected chi connectivity index (χ1v) is 6.32. The number of hydrogen-bond donors (Lipinski definition) is 1. The molecule has 1 rings (SSSR count). The standard InChI is InChI=1S/C15H22O3/c1-5-15(11(2)3,14(16)17)10-12-6-8-13(18-4)9-7-12/h6-9,11H,5,10H2,1-4H3,(H,16,17). The molecule has 0 radical (unpaired) electrons. The molecule has 0 bridgehead atoms. The lowest BCUT2D eigenvalue weighted by molar-refractivity contribution is -0.152. The van der Waals surface area contributed by atoms with Gasteiger partial charge in [0, 0.05) is 0 Å². The van der Waals surface area contributed by atoms with Crippen LogP contribution in [0, 0.1) is 11.3 Å². The molecule has 1 atom stereocenters. The molecule has 0 aliphatic heterocycles. The second kappa shape index (κ2) is 5.89. The van der Waals surface area contributed by atoms with Crippen molar-refractivity contribution in [2.45, 2.75) is 33.6 Å². The van der Waals surface area contributed by atoms with Gasteiger partial charge in [0.1, 0.15) is 5.75 Å². The van der Waals surface area contributed by atoms with E-state index < -0.39 is 11.4 Å². The number of rotatable bonds is 6. The Kier molecular flexibility index (Phi) is 4.76. The highest BCUT2D eigenvalue weighted by molar-refractivity contribution is 5.75. The molecule has 0 aliphatic carbocycles. The third kappa shape index (κ3) is 2.84. The van der Waals surface area contributed by atoms with Crippen LogP contribution in [0.4, 0.5) is 0 Å². The number of benzene rings is 1. The molecule has 18 heavy (non-hydrogen) atoms. The molecule has 0 saturated heterocycles. The molecule has 0 aliphatic rings. The van der Waals surface area contributed by atoms with Crippen molar-refractivity contribution < 1.29 is 14.6 Å². The smallest absolute Gasteiger partial charge is 0.310 e. The van der Waals surface area contributed by atoms with E-state index in [1.165, 1.54) is 0 Å². The fraction of sp³-hybridized carbons (Fsp3) is 0.533. The summed E-state index contributed by atoms with van der Waals surface area (Å²) in [6, 6.07) is 7.62. The Balaban J connectivity index is 2.99. The van der Waals surface area contributed by atoms with Gasteiger partial charge in [-0.05, 0) is 36.5 Å². The van der Waals surface area contributed by atoms with Gasteiger partial charge in [0.25, 0.3) is 0 Å². The fourth-order valence-electron chi connectivity index (χ4n) is 2.32. The summed E-state index contributed by atoms with van der Waals surface area (Å²) in [6.45, 7) is 5.89. The van der Waals surface area contributed by atoms with Crippen LogP contribution in [0.1, 0.15) is 32.8 Å². The third-order valence-corrected chi connectivity index (χ3v) is 3.84. The van der Waals surface area contributed by atoms with Gasteiger partial charge in [0.05, 0.1) is 12.5 Å². The average Bonchev–Trinajstić information content (AvgIpc) is 2.36. The summed E-state index contributed by atoms with van der Waals surface area (Å²) in [5.41, 5.74) is 0.350. The molecule has 0 aromatic heterocycles. The molecule has 0 heterocycles. The Morgan fingerprint density at radius 2 is 1.89 bits per heavy atom. The van der Waals surface area contributed by atoms with Crippen molar-refractivity contribution in [2.75, 3.05) is 7.11 Å². The molecule has 0 fully saturated rings. The van der Waals surface area contributed by atoms with Gasteiger partial charge in [0.2, 0.25) is 0 Å². The summed E-state index contributed by atoms with van der Waals surface area (Å²) in [5, 5.41) is 9.53. The maximum atomic E-state index is 11.6. The highest BCUT2D eigenvalue weighted by Gasteiger charge is 2.39. The zero-order chi connectivity index (χ0) is 13.8. The Morgan fingerprint density at radius 3 is 2.22 bits per heavy atom. The van der Waals surface area contributed by atoms with Crippen LogP contribution in [0.2, 0.25) is 0 Å². The average molecular weight is 250 g/mol. The monoisotopic (exact) mass is 250 g/mol. The zero-order valence-corrected chi connectivity index (χ0v) is 11.6. The minimum Gasteiger partial charge on any atom is -0.497 e. The second-order valence-electron chi connectivity index (χ2n) is 4.99. The van der Waals surface area contributed by atoms with E-state index in [0.717, 1.165) is 11.3 Å². The van der Waals surface area contributed by atoms with E-state index in [2.05, 4.69) is 0 Å². The summed E-state index contributed by atoms with van der Waals surface area (Å²) >= 11 is 0. The first-order chi connectivity index (χ1) is 8.46. The number of hydrogen-bond acceptors (Lipinski definition) is 2. The van der Waals surface area contributed by atoms with Gasteiger partial charge >= 0.3 is 5.97 Å². The van der Waals surface area contributed by atoms with Crippen LogP contribution < -0.4 is 4.74 Å². The Hall–Kier alpha value is -1.51. The van der Waals surface area contributed by atoms with Crippen molar-refractivity contribution in [1.82, 2.24) is 0 Å². The lowest BCUT2D eigenvalue weighted by Crippen LogP contribution is -2.37. The summed E-state index contributed by atoms with van der Waals surface area (Å²) in [4.78, 5) is 11.6. The van der Waals surface area contributed by atoms with Crippen molar-refractivity contribution in [3.8, 4) is 5.75 Å². The van der Waals surface area contributed by atoms with Gasteiger partial charge < -0.3 is 9.84 Å². The number of methoxy groups -OCH3 is 1. The predicted molar refractivity (Wildman–Crippen MR) is 71.9 cm³/mol. The van der Waals surface area contributed by atoms with Crippen LogP contribution in [-0.4, -0.2) is 18.2 Å². The van der Waals surface area contributed by atoms with E-state index in [9.17, 15) is 9.90 Å². The molecule has 0 saturated carbocycles. The van der Waals surface area contributed by atoms with Crippen molar-refractivity contribution >= 4 is 5.97 Å². The van der Waals surface area contributed by atoms with E-state index in [1.54, 1.807) is 7.11 Å². The normalized spacial score (nSPS) is 14.3. The van der Waals surface area contributed by atoms with Crippen LogP contribution >= 0.6 is 0 Å². The number of carboxylic acids is 1. The number of ether oxygens (including phenoxy) is 1. The zero-order valence-electron chi connectivity index (χ0n) is 11.6. The predicted octanol–water partition coefficient (Wildman–Crippen LogP) is 3.37. The van der Waals surface area contributed by atoms with Crippen molar-refractivity contribution in [3.05, 3.63) is 29.8 Å². The molecular formula is C15H22O3. The van der Waals surface area contributed by atoms with Crippen LogP contribution in [-0.2, 0) is 11.2 Å². The summed E-state index contributed by atoms with van der Waals surface area (Å²) in [5.74, 6) is 0.179. The molecule has 1 unspecified atom stereocenters. The Bertz CT molecular complexity index is 395. The molecule has 3 nitrogen and oxygen atoms in total. The van der Waals surface area contributed by atoms with E-state index in [0.29, 0.717) is 12.8 Å². The topological polar surface area (TPSA) is 46.5 Å². The molecule has 3 heteroatoms. The molecule has 100 valence electrons. The van der Waals surface area contributed by atoms with Crippen LogP contribution in [0.5, 0.6) is 5.75 Å². The number of carbonyl (C=O) groups is 1. The molecular weight excluding hydrogens is 228 g/mol. The third-order valence-electron chi connectivity index (χ3n) is 3.84. The van der Waals surface area contributed by atoms with Gasteiger partial charge in [0.15, 0.2) is 0 Å². The van der Waals surface area contributed by atoms with Crippen molar-refractivity contribution in [1.29, 1.82) is 0 Å². The Morgan fingerprint density at radius 1 is 1.33 bits per heavy atom. The molecule has 1 N–H and O–H groups in total. The van der Waals surface area contributed by atoms with E-state index in [1.807, 2.05) is 45.0 Å². The van der Waals surface area contributed by atoms with Crippen LogP contribution in [0.25, 0.3) is 0 Å². The lowest BCUT2D eigenvalue weighted by Gasteiger charge is -2.32. The Labute approximate surface area is 109 Å². The van der Waals surface area contributed by atoms with Gasteiger partial charge in [-0.15, -0.1) is 0 Å².